The molecule has 1 fully saturated rings. The molecular weight excluding hydrogens is 252 g/mol. The van der Waals surface area contributed by atoms with E-state index >= 15 is 0 Å². The zero-order valence-electron chi connectivity index (χ0n) is 10.1. The molecule has 0 bridgehead atoms. The van der Waals surface area contributed by atoms with Gasteiger partial charge in [-0.15, -0.1) is 6.58 Å². The fourth-order valence-electron chi connectivity index (χ4n) is 1.70. The average molecular weight is 268 g/mol. The summed E-state index contributed by atoms with van der Waals surface area (Å²) in [6.45, 7) is 5.51. The van der Waals surface area contributed by atoms with Crippen LogP contribution < -0.4 is 14.9 Å². The first kappa shape index (κ1) is 12.9. The van der Waals surface area contributed by atoms with E-state index < -0.39 is 0 Å². The summed E-state index contributed by atoms with van der Waals surface area (Å²) in [6, 6.07) is 0. The molecule has 1 aliphatic rings. The van der Waals surface area contributed by atoms with Gasteiger partial charge in [-0.3, -0.25) is 4.52 Å². The molecule has 1 aliphatic heterocycles. The van der Waals surface area contributed by atoms with E-state index in [1.807, 2.05) is 0 Å². The molecule has 1 aromatic rings. The molecule has 0 saturated carbocycles. The van der Waals surface area contributed by atoms with Gasteiger partial charge in [0, 0.05) is 11.5 Å². The molecule has 0 radical (unpaired) electrons. The molecule has 98 valence electrons. The van der Waals surface area contributed by atoms with Crippen LogP contribution in [-0.4, -0.2) is 35.8 Å². The lowest BCUT2D eigenvalue weighted by Crippen LogP contribution is -2.57. The summed E-state index contributed by atoms with van der Waals surface area (Å²) >= 11 is 1.47. The van der Waals surface area contributed by atoms with E-state index in [4.69, 9.17) is 4.52 Å². The lowest BCUT2D eigenvalue weighted by molar-refractivity contribution is -0.756. The smallest absolute Gasteiger partial charge is 0.324 e. The van der Waals surface area contributed by atoms with Crippen molar-refractivity contribution in [1.82, 2.24) is 5.27 Å². The van der Waals surface area contributed by atoms with Gasteiger partial charge >= 0.3 is 5.88 Å². The van der Waals surface area contributed by atoms with Gasteiger partial charge in [0.25, 0.3) is 6.20 Å². The number of aromatic nitrogens is 2. The molecule has 0 aliphatic carbocycles. The highest BCUT2D eigenvalue weighted by molar-refractivity contribution is 8.00. The first-order valence-corrected chi connectivity index (χ1v) is 7.02. The zero-order valence-corrected chi connectivity index (χ0v) is 10.9. The van der Waals surface area contributed by atoms with Crippen LogP contribution in [0.25, 0.3) is 0 Å². The van der Waals surface area contributed by atoms with E-state index in [1.165, 1.54) is 11.8 Å². The second-order valence-corrected chi connectivity index (χ2v) is 4.96. The fourth-order valence-corrected chi connectivity index (χ4v) is 2.23. The van der Waals surface area contributed by atoms with Crippen molar-refractivity contribution in [2.75, 3.05) is 29.6 Å². The van der Waals surface area contributed by atoms with Crippen molar-refractivity contribution in [3.05, 3.63) is 18.9 Å². The molecule has 2 rings (SSSR count). The Morgan fingerprint density at radius 2 is 2.44 bits per heavy atom. The van der Waals surface area contributed by atoms with E-state index in [0.29, 0.717) is 5.75 Å². The maximum absolute atomic E-state index is 11.5. The second-order valence-electron chi connectivity index (χ2n) is 3.93. The van der Waals surface area contributed by atoms with Crippen LogP contribution in [0.1, 0.15) is 12.8 Å². The van der Waals surface area contributed by atoms with Gasteiger partial charge in [-0.2, -0.15) is 16.8 Å². The molecule has 6 nitrogen and oxygen atoms in total. The maximum atomic E-state index is 11.5. The topological polar surface area (TPSA) is 68.6 Å². The lowest BCUT2D eigenvalue weighted by Gasteiger charge is -2.06. The van der Waals surface area contributed by atoms with E-state index in [2.05, 4.69) is 21.9 Å². The fraction of sp³-hybridized carbons (Fsp3) is 0.545. The quantitative estimate of drug-likeness (QED) is 0.239. The molecular formula is C11H16N4O2S. The minimum absolute atomic E-state index is 0.216. The van der Waals surface area contributed by atoms with Gasteiger partial charge in [0.2, 0.25) is 5.27 Å². The van der Waals surface area contributed by atoms with Crippen molar-refractivity contribution < 1.29 is 14.4 Å². The summed E-state index contributed by atoms with van der Waals surface area (Å²) in [7, 11) is 0. The third-order valence-corrected chi connectivity index (χ3v) is 3.43. The van der Waals surface area contributed by atoms with Crippen LogP contribution in [0.2, 0.25) is 0 Å². The number of rotatable bonds is 6. The van der Waals surface area contributed by atoms with Crippen molar-refractivity contribution in [1.29, 1.82) is 0 Å². The number of hydrogen-bond donors (Lipinski definition) is 0. The van der Waals surface area contributed by atoms with Crippen molar-refractivity contribution in [2.24, 2.45) is 4.99 Å². The van der Waals surface area contributed by atoms with Gasteiger partial charge in [0.05, 0.1) is 17.9 Å². The summed E-state index contributed by atoms with van der Waals surface area (Å²) in [5, 5.41) is 17.4. The molecule has 0 atom stereocenters. The number of nitrogens with zero attached hydrogens (tertiary/aromatic N) is 4. The van der Waals surface area contributed by atoms with Gasteiger partial charge in [-0.25, -0.2) is 4.99 Å². The number of thioether (sulfide) groups is 1. The Morgan fingerprint density at radius 1 is 1.67 bits per heavy atom. The summed E-state index contributed by atoms with van der Waals surface area (Å²) in [4.78, 5) is 5.47. The third-order valence-electron chi connectivity index (χ3n) is 2.51. The van der Waals surface area contributed by atoms with Gasteiger partial charge < -0.3 is 5.11 Å². The molecule has 1 saturated heterocycles. The standard InChI is InChI=1S/C11H16N4O2S/c1-2-7-18-9-10(16)12-11-8-15(13-17-11)14-5-3-4-6-14/h2,8H,1,3-7,9H2. The lowest BCUT2D eigenvalue weighted by atomic mass is 10.4. The van der Waals surface area contributed by atoms with Crippen LogP contribution in [-0.2, 0) is 0 Å². The molecule has 0 N–H and O–H groups in total. The molecule has 1 aromatic heterocycles. The first-order valence-electron chi connectivity index (χ1n) is 5.86. The minimum Gasteiger partial charge on any atom is -0.861 e. The Kier molecular flexibility index (Phi) is 4.63. The van der Waals surface area contributed by atoms with Crippen LogP contribution in [0, 0.1) is 0 Å². The van der Waals surface area contributed by atoms with Gasteiger partial charge in [0.15, 0.2) is 0 Å². The third kappa shape index (κ3) is 3.49. The highest BCUT2D eigenvalue weighted by Crippen LogP contribution is 2.09. The first-order chi connectivity index (χ1) is 8.79. The summed E-state index contributed by atoms with van der Waals surface area (Å²) in [5.41, 5.74) is 0. The number of aliphatic imine (C=N–C) groups is 1. The average Bonchev–Trinajstić information content (AvgIpc) is 2.98. The second kappa shape index (κ2) is 6.44. The van der Waals surface area contributed by atoms with Gasteiger partial charge in [-0.05, 0) is 18.7 Å². The normalized spacial score (nSPS) is 16.2. The summed E-state index contributed by atoms with van der Waals surface area (Å²) in [6.07, 6.45) is 5.71. The van der Waals surface area contributed by atoms with Gasteiger partial charge in [0.1, 0.15) is 0 Å². The summed E-state index contributed by atoms with van der Waals surface area (Å²) < 4.78 is 5.01. The molecule has 0 amide bonds. The van der Waals surface area contributed by atoms with Gasteiger partial charge in [-0.1, -0.05) is 6.08 Å². The molecule has 0 spiro atoms. The van der Waals surface area contributed by atoms with Crippen LogP contribution in [0.4, 0.5) is 5.88 Å². The summed E-state index contributed by atoms with van der Waals surface area (Å²) in [5.74, 6) is 1.11. The predicted molar refractivity (Wildman–Crippen MR) is 68.5 cm³/mol. The minimum atomic E-state index is -0.216. The van der Waals surface area contributed by atoms with Crippen molar-refractivity contribution in [2.45, 2.75) is 12.8 Å². The Balaban J connectivity index is 1.92. The maximum Gasteiger partial charge on any atom is 0.324 e. The van der Waals surface area contributed by atoms with E-state index in [1.54, 1.807) is 17.1 Å². The van der Waals surface area contributed by atoms with Crippen LogP contribution in [0.3, 0.4) is 0 Å². The molecule has 2 heterocycles. The number of hydrogen-bond acceptors (Lipinski definition) is 6. The Morgan fingerprint density at radius 3 is 3.17 bits per heavy atom. The van der Waals surface area contributed by atoms with Crippen LogP contribution >= 0.6 is 11.8 Å². The van der Waals surface area contributed by atoms with Crippen molar-refractivity contribution in [3.8, 4) is 0 Å². The Bertz CT molecular complexity index is 426. The molecule has 0 unspecified atom stereocenters. The Labute approximate surface area is 110 Å². The van der Waals surface area contributed by atoms with Crippen molar-refractivity contribution in [3.63, 3.8) is 0 Å². The van der Waals surface area contributed by atoms with Crippen LogP contribution in [0.15, 0.2) is 28.4 Å². The zero-order chi connectivity index (χ0) is 12.8. The van der Waals surface area contributed by atoms with Crippen molar-refractivity contribution >= 4 is 23.5 Å². The monoisotopic (exact) mass is 268 g/mol. The van der Waals surface area contributed by atoms with Crippen LogP contribution in [0.5, 0.6) is 0 Å². The molecule has 7 heteroatoms. The highest BCUT2D eigenvalue weighted by Gasteiger charge is 2.23. The largest absolute Gasteiger partial charge is 0.861 e. The predicted octanol–water partition coefficient (Wildman–Crippen LogP) is 0.00340. The molecule has 0 aromatic carbocycles. The van der Waals surface area contributed by atoms with E-state index in [0.717, 1.165) is 31.7 Å². The Hall–Kier alpha value is -1.50. The van der Waals surface area contributed by atoms with E-state index in [-0.39, 0.29) is 11.8 Å². The molecule has 18 heavy (non-hydrogen) atoms. The van der Waals surface area contributed by atoms with E-state index in [9.17, 15) is 5.11 Å². The highest BCUT2D eigenvalue weighted by atomic mass is 32.2. The SMILES string of the molecule is C=CCSCC([O-])=Nc1c[n+](N2CCCC2)no1.